The summed E-state index contributed by atoms with van der Waals surface area (Å²) in [5.41, 5.74) is 1.34. The molecule has 0 aromatic heterocycles. The Hall–Kier alpha value is -1.56. The second-order valence-corrected chi connectivity index (χ2v) is 2.74. The molecule has 0 aliphatic carbocycles. The summed E-state index contributed by atoms with van der Waals surface area (Å²) in [4.78, 5) is 0. The predicted octanol–water partition coefficient (Wildman–Crippen LogP) is 3.53. The van der Waals surface area contributed by atoms with Crippen LogP contribution in [0, 0.1) is 0 Å². The molecule has 66 valence electrons. The Labute approximate surface area is 79.9 Å². The van der Waals surface area contributed by atoms with E-state index in [-0.39, 0.29) is 0 Å². The minimum Gasteiger partial charge on any atom is -0.0991 e. The molecule has 13 heavy (non-hydrogen) atoms. The van der Waals surface area contributed by atoms with Crippen LogP contribution in [0.1, 0.15) is 5.56 Å². The Morgan fingerprint density at radius 1 is 1.00 bits per heavy atom. The summed E-state index contributed by atoms with van der Waals surface area (Å²) in [6, 6.07) is 10.4. The number of hydrogen-bond donors (Lipinski definition) is 0. The molecule has 0 fully saturated rings. The molecule has 1 aromatic rings. The lowest BCUT2D eigenvalue weighted by Crippen LogP contribution is -1.77. The van der Waals surface area contributed by atoms with Gasteiger partial charge in [-0.05, 0) is 12.0 Å². The first kappa shape index (κ1) is 9.53. The molecule has 0 atom stereocenters. The summed E-state index contributed by atoms with van der Waals surface area (Å²) in [6.45, 7) is 3.60. The minimum atomic E-state index is 0.988. The molecule has 0 aliphatic rings. The fourth-order valence-corrected chi connectivity index (χ4v) is 1.04. The van der Waals surface area contributed by atoms with Gasteiger partial charge < -0.3 is 0 Å². The van der Waals surface area contributed by atoms with E-state index < -0.39 is 0 Å². The quantitative estimate of drug-likeness (QED) is 0.606. The van der Waals surface area contributed by atoms with E-state index in [2.05, 4.69) is 36.9 Å². The van der Waals surface area contributed by atoms with E-state index in [0.29, 0.717) is 0 Å². The monoisotopic (exact) mass is 170 g/mol. The van der Waals surface area contributed by atoms with Crippen molar-refractivity contribution in [2.75, 3.05) is 0 Å². The van der Waals surface area contributed by atoms with E-state index in [4.69, 9.17) is 0 Å². The topological polar surface area (TPSA) is 0 Å². The molecule has 0 radical (unpaired) electrons. The SMILES string of the molecule is C=C/C=C\C=C/Cc1ccccc1. The maximum absolute atomic E-state index is 3.60. The van der Waals surface area contributed by atoms with E-state index in [9.17, 15) is 0 Å². The van der Waals surface area contributed by atoms with Gasteiger partial charge in [-0.1, -0.05) is 67.3 Å². The first-order valence-corrected chi connectivity index (χ1v) is 4.41. The van der Waals surface area contributed by atoms with Crippen molar-refractivity contribution in [1.82, 2.24) is 0 Å². The van der Waals surface area contributed by atoms with Crippen LogP contribution in [0.15, 0.2) is 67.3 Å². The van der Waals surface area contributed by atoms with Crippen LogP contribution in [0.3, 0.4) is 0 Å². The van der Waals surface area contributed by atoms with Gasteiger partial charge in [0.2, 0.25) is 0 Å². The van der Waals surface area contributed by atoms with E-state index >= 15 is 0 Å². The maximum atomic E-state index is 3.60. The molecule has 0 bridgehead atoms. The Balaban J connectivity index is 2.39. The van der Waals surface area contributed by atoms with Gasteiger partial charge >= 0.3 is 0 Å². The van der Waals surface area contributed by atoms with Crippen molar-refractivity contribution in [2.24, 2.45) is 0 Å². The van der Waals surface area contributed by atoms with Gasteiger partial charge in [0.15, 0.2) is 0 Å². The van der Waals surface area contributed by atoms with Crippen LogP contribution in [0.25, 0.3) is 0 Å². The Bertz CT molecular complexity index is 291. The Kier molecular flexibility index (Phi) is 4.41. The zero-order valence-corrected chi connectivity index (χ0v) is 7.69. The molecule has 0 aliphatic heterocycles. The molecule has 1 rings (SSSR count). The van der Waals surface area contributed by atoms with E-state index in [1.165, 1.54) is 5.56 Å². The molecule has 0 unspecified atom stereocenters. The average molecular weight is 170 g/mol. The number of rotatable bonds is 4. The van der Waals surface area contributed by atoms with Gasteiger partial charge in [-0.3, -0.25) is 0 Å². The Morgan fingerprint density at radius 2 is 1.77 bits per heavy atom. The van der Waals surface area contributed by atoms with Gasteiger partial charge in [-0.15, -0.1) is 0 Å². The summed E-state index contributed by atoms with van der Waals surface area (Å²) in [7, 11) is 0. The fraction of sp³-hybridized carbons (Fsp3) is 0.0769. The lowest BCUT2D eigenvalue weighted by Gasteiger charge is -1.92. The summed E-state index contributed by atoms with van der Waals surface area (Å²) in [5, 5.41) is 0. The van der Waals surface area contributed by atoms with Gasteiger partial charge in [0.05, 0.1) is 0 Å². The third kappa shape index (κ3) is 4.12. The smallest absolute Gasteiger partial charge is 0.00943 e. The third-order valence-electron chi connectivity index (χ3n) is 1.69. The molecular weight excluding hydrogens is 156 g/mol. The molecule has 0 amide bonds. The maximum Gasteiger partial charge on any atom is -0.00943 e. The normalized spacial score (nSPS) is 11.1. The van der Waals surface area contributed by atoms with Crippen LogP contribution in [-0.4, -0.2) is 0 Å². The van der Waals surface area contributed by atoms with E-state index in [0.717, 1.165) is 6.42 Å². The molecule has 0 spiro atoms. The standard InChI is InChI=1S/C13H14/c1-2-3-4-5-7-10-13-11-8-6-9-12-13/h2-9,11-12H,1,10H2/b4-3-,7-5-. The van der Waals surface area contributed by atoms with Crippen LogP contribution < -0.4 is 0 Å². The van der Waals surface area contributed by atoms with Crippen LogP contribution in [0.2, 0.25) is 0 Å². The van der Waals surface area contributed by atoms with E-state index in [1.807, 2.05) is 24.3 Å². The molecule has 1 aromatic carbocycles. The van der Waals surface area contributed by atoms with Gasteiger partial charge in [-0.2, -0.15) is 0 Å². The number of benzene rings is 1. The fourth-order valence-electron chi connectivity index (χ4n) is 1.04. The minimum absolute atomic E-state index is 0.988. The second-order valence-electron chi connectivity index (χ2n) is 2.74. The van der Waals surface area contributed by atoms with Crippen molar-refractivity contribution in [3.63, 3.8) is 0 Å². The van der Waals surface area contributed by atoms with Crippen LogP contribution in [-0.2, 0) is 6.42 Å². The highest BCUT2D eigenvalue weighted by molar-refractivity contribution is 5.19. The first-order chi connectivity index (χ1) is 6.43. The largest absolute Gasteiger partial charge is 0.0991 e. The zero-order valence-electron chi connectivity index (χ0n) is 7.69. The predicted molar refractivity (Wildman–Crippen MR) is 58.6 cm³/mol. The van der Waals surface area contributed by atoms with Crippen molar-refractivity contribution < 1.29 is 0 Å². The van der Waals surface area contributed by atoms with Crippen molar-refractivity contribution in [1.29, 1.82) is 0 Å². The highest BCUT2D eigenvalue weighted by atomic mass is 13.9. The van der Waals surface area contributed by atoms with Crippen molar-refractivity contribution in [2.45, 2.75) is 6.42 Å². The lowest BCUT2D eigenvalue weighted by atomic mass is 10.1. The van der Waals surface area contributed by atoms with Crippen LogP contribution in [0.4, 0.5) is 0 Å². The third-order valence-corrected chi connectivity index (χ3v) is 1.69. The molecule has 0 nitrogen and oxygen atoms in total. The summed E-state index contributed by atoms with van der Waals surface area (Å²) in [5.74, 6) is 0. The molecule has 0 heteroatoms. The number of allylic oxidation sites excluding steroid dienone is 5. The van der Waals surface area contributed by atoms with Gasteiger partial charge in [-0.25, -0.2) is 0 Å². The highest BCUT2D eigenvalue weighted by Crippen LogP contribution is 1.99. The first-order valence-electron chi connectivity index (χ1n) is 4.41. The van der Waals surface area contributed by atoms with Crippen LogP contribution >= 0.6 is 0 Å². The van der Waals surface area contributed by atoms with Gasteiger partial charge in [0.25, 0.3) is 0 Å². The second kappa shape index (κ2) is 6.01. The van der Waals surface area contributed by atoms with E-state index in [1.54, 1.807) is 6.08 Å². The molecule has 0 heterocycles. The highest BCUT2D eigenvalue weighted by Gasteiger charge is 1.83. The van der Waals surface area contributed by atoms with Crippen molar-refractivity contribution in [3.8, 4) is 0 Å². The number of hydrogen-bond acceptors (Lipinski definition) is 0. The Morgan fingerprint density at radius 3 is 2.46 bits per heavy atom. The van der Waals surface area contributed by atoms with Gasteiger partial charge in [0.1, 0.15) is 0 Å². The lowest BCUT2D eigenvalue weighted by molar-refractivity contribution is 1.27. The average Bonchev–Trinajstić information content (AvgIpc) is 2.19. The van der Waals surface area contributed by atoms with Crippen LogP contribution in [0.5, 0.6) is 0 Å². The molecular formula is C13H14. The zero-order chi connectivity index (χ0) is 9.36. The molecule has 0 N–H and O–H groups in total. The van der Waals surface area contributed by atoms with Gasteiger partial charge in [0, 0.05) is 0 Å². The molecule has 0 saturated heterocycles. The summed E-state index contributed by atoms with van der Waals surface area (Å²) >= 11 is 0. The summed E-state index contributed by atoms with van der Waals surface area (Å²) < 4.78 is 0. The molecule has 0 saturated carbocycles. The summed E-state index contributed by atoms with van der Waals surface area (Å²) in [6.07, 6.45) is 10.8. The van der Waals surface area contributed by atoms with Crippen molar-refractivity contribution >= 4 is 0 Å². The van der Waals surface area contributed by atoms with Crippen molar-refractivity contribution in [3.05, 3.63) is 72.9 Å².